The number of nitrogens with zero attached hydrogens (tertiary/aromatic N) is 1. The third-order valence-electron chi connectivity index (χ3n) is 8.21. The number of hydrogen-bond donors (Lipinski definition) is 0. The molecule has 1 aromatic heterocycles. The van der Waals surface area contributed by atoms with E-state index in [0.717, 1.165) is 6.54 Å². The van der Waals surface area contributed by atoms with Crippen molar-refractivity contribution in [2.24, 2.45) is 0 Å². The molecule has 160 valence electrons. The molecule has 2 aliphatic carbocycles. The molecular weight excluding hydrogens is 410 g/mol. The number of fused-ring (bicyclic) bond motifs is 13. The lowest BCUT2D eigenvalue weighted by atomic mass is 9.70. The van der Waals surface area contributed by atoms with Crippen molar-refractivity contribution in [3.8, 4) is 22.3 Å². The standard InChI is InChI=1S/C33H23N/c1-2-34-31-18-10-6-14-24(31)26-19-30-25(20-32(26)34)23-13-5-9-17-29(23)33(30)27-15-7-3-11-21(27)22-12-4-8-16-28(22)33/h3-20H,2H2,1H3. The molecule has 0 saturated heterocycles. The molecule has 0 amide bonds. The predicted molar refractivity (Wildman–Crippen MR) is 141 cm³/mol. The van der Waals surface area contributed by atoms with Gasteiger partial charge in [-0.1, -0.05) is 91.0 Å². The van der Waals surface area contributed by atoms with E-state index in [2.05, 4.69) is 121 Å². The molecule has 1 heteroatoms. The van der Waals surface area contributed by atoms with Crippen molar-refractivity contribution in [1.82, 2.24) is 4.57 Å². The Labute approximate surface area is 198 Å². The van der Waals surface area contributed by atoms with Gasteiger partial charge in [-0.2, -0.15) is 0 Å². The van der Waals surface area contributed by atoms with Crippen molar-refractivity contribution >= 4 is 21.8 Å². The van der Waals surface area contributed by atoms with Crippen LogP contribution in [0.15, 0.2) is 109 Å². The Morgan fingerprint density at radius 2 is 1.03 bits per heavy atom. The Morgan fingerprint density at radius 1 is 0.500 bits per heavy atom. The van der Waals surface area contributed by atoms with E-state index in [1.807, 2.05) is 0 Å². The van der Waals surface area contributed by atoms with E-state index < -0.39 is 0 Å². The zero-order chi connectivity index (χ0) is 22.4. The second kappa shape index (κ2) is 6.27. The molecule has 0 fully saturated rings. The Bertz CT molecular complexity index is 1750. The Kier molecular flexibility index (Phi) is 3.38. The minimum atomic E-state index is -0.275. The maximum atomic E-state index is 2.51. The smallest absolute Gasteiger partial charge is 0.0725 e. The summed E-state index contributed by atoms with van der Waals surface area (Å²) in [7, 11) is 0. The highest BCUT2D eigenvalue weighted by Crippen LogP contribution is 2.63. The molecule has 0 bridgehead atoms. The van der Waals surface area contributed by atoms with E-state index in [9.17, 15) is 0 Å². The van der Waals surface area contributed by atoms with Crippen LogP contribution in [0.1, 0.15) is 29.2 Å². The minimum absolute atomic E-state index is 0.275. The van der Waals surface area contributed by atoms with Crippen LogP contribution in [0.2, 0.25) is 0 Å². The molecular formula is C33H23N. The number of rotatable bonds is 1. The molecule has 5 aromatic carbocycles. The van der Waals surface area contributed by atoms with Gasteiger partial charge in [-0.25, -0.2) is 0 Å². The number of hydrogen-bond acceptors (Lipinski definition) is 0. The van der Waals surface area contributed by atoms with E-state index in [0.29, 0.717) is 0 Å². The summed E-state index contributed by atoms with van der Waals surface area (Å²) >= 11 is 0. The normalized spacial score (nSPS) is 14.4. The molecule has 1 heterocycles. The third kappa shape index (κ3) is 1.94. The molecule has 34 heavy (non-hydrogen) atoms. The number of benzene rings is 5. The number of para-hydroxylation sites is 1. The van der Waals surface area contributed by atoms with Crippen molar-refractivity contribution < 1.29 is 0 Å². The molecule has 0 aliphatic heterocycles. The molecule has 1 spiro atoms. The van der Waals surface area contributed by atoms with Crippen LogP contribution < -0.4 is 0 Å². The van der Waals surface area contributed by atoms with E-state index in [4.69, 9.17) is 0 Å². The van der Waals surface area contributed by atoms with E-state index >= 15 is 0 Å². The highest BCUT2D eigenvalue weighted by molar-refractivity contribution is 6.11. The summed E-state index contributed by atoms with van der Waals surface area (Å²) in [5, 5.41) is 2.69. The molecule has 0 unspecified atom stereocenters. The lowest BCUT2D eigenvalue weighted by molar-refractivity contribution is 0.794. The van der Waals surface area contributed by atoms with Crippen molar-refractivity contribution in [2.75, 3.05) is 0 Å². The minimum Gasteiger partial charge on any atom is -0.341 e. The van der Waals surface area contributed by atoms with Gasteiger partial charge in [-0.15, -0.1) is 0 Å². The summed E-state index contributed by atoms with van der Waals surface area (Å²) in [5.74, 6) is 0. The average molecular weight is 434 g/mol. The Hall–Kier alpha value is -4.10. The Morgan fingerprint density at radius 3 is 1.65 bits per heavy atom. The summed E-state index contributed by atoms with van der Waals surface area (Å²) in [6.45, 7) is 3.21. The highest BCUT2D eigenvalue weighted by atomic mass is 15.0. The average Bonchev–Trinajstić information content (AvgIpc) is 3.49. The highest BCUT2D eigenvalue weighted by Gasteiger charge is 2.51. The van der Waals surface area contributed by atoms with Gasteiger partial charge in [-0.3, -0.25) is 0 Å². The quantitative estimate of drug-likeness (QED) is 0.246. The van der Waals surface area contributed by atoms with Crippen LogP contribution in [0.25, 0.3) is 44.1 Å². The van der Waals surface area contributed by atoms with Crippen LogP contribution in [0.3, 0.4) is 0 Å². The third-order valence-corrected chi connectivity index (χ3v) is 8.21. The fourth-order valence-corrected chi connectivity index (χ4v) is 6.97. The van der Waals surface area contributed by atoms with Gasteiger partial charge in [0, 0.05) is 28.4 Å². The first kappa shape index (κ1) is 18.3. The first-order valence-corrected chi connectivity index (χ1v) is 12.2. The molecule has 0 radical (unpaired) electrons. The lowest BCUT2D eigenvalue weighted by Crippen LogP contribution is -2.25. The van der Waals surface area contributed by atoms with Gasteiger partial charge in [0.2, 0.25) is 0 Å². The van der Waals surface area contributed by atoms with Crippen LogP contribution in [0.5, 0.6) is 0 Å². The zero-order valence-corrected chi connectivity index (χ0v) is 19.0. The molecule has 2 aliphatic rings. The zero-order valence-electron chi connectivity index (χ0n) is 19.0. The molecule has 8 rings (SSSR count). The van der Waals surface area contributed by atoms with Crippen LogP contribution in [0, 0.1) is 0 Å². The maximum Gasteiger partial charge on any atom is 0.0725 e. The number of aryl methyl sites for hydroxylation is 1. The SMILES string of the molecule is CCn1c2ccccc2c2cc3c(cc21)-c1ccccc1C31c2ccccc2-c2ccccc21. The van der Waals surface area contributed by atoms with Crippen molar-refractivity contribution in [3.63, 3.8) is 0 Å². The largest absolute Gasteiger partial charge is 0.341 e. The lowest BCUT2D eigenvalue weighted by Gasteiger charge is -2.30. The molecule has 1 nitrogen and oxygen atoms in total. The molecule has 0 atom stereocenters. The topological polar surface area (TPSA) is 4.93 Å². The first-order chi connectivity index (χ1) is 16.8. The van der Waals surface area contributed by atoms with E-state index in [-0.39, 0.29) is 5.41 Å². The van der Waals surface area contributed by atoms with Crippen LogP contribution >= 0.6 is 0 Å². The summed E-state index contributed by atoms with van der Waals surface area (Å²) in [5.41, 5.74) is 13.4. The van der Waals surface area contributed by atoms with Gasteiger partial charge in [0.25, 0.3) is 0 Å². The van der Waals surface area contributed by atoms with Crippen molar-refractivity contribution in [2.45, 2.75) is 18.9 Å². The molecule has 6 aromatic rings. The van der Waals surface area contributed by atoms with E-state index in [1.165, 1.54) is 66.3 Å². The summed E-state index contributed by atoms with van der Waals surface area (Å²) in [6, 6.07) is 40.9. The maximum absolute atomic E-state index is 2.51. The first-order valence-electron chi connectivity index (χ1n) is 12.2. The van der Waals surface area contributed by atoms with E-state index in [1.54, 1.807) is 0 Å². The second-order valence-corrected chi connectivity index (χ2v) is 9.56. The fraction of sp³-hybridized carbons (Fsp3) is 0.0909. The van der Waals surface area contributed by atoms with Crippen molar-refractivity contribution in [1.29, 1.82) is 0 Å². The molecule has 0 N–H and O–H groups in total. The predicted octanol–water partition coefficient (Wildman–Crippen LogP) is 8.16. The molecule has 0 saturated carbocycles. The van der Waals surface area contributed by atoms with Gasteiger partial charge in [-0.05, 0) is 69.6 Å². The Balaban J connectivity index is 1.61. The van der Waals surface area contributed by atoms with Gasteiger partial charge < -0.3 is 4.57 Å². The summed E-state index contributed by atoms with van der Waals surface area (Å²) < 4.78 is 2.47. The van der Waals surface area contributed by atoms with Crippen LogP contribution in [-0.2, 0) is 12.0 Å². The van der Waals surface area contributed by atoms with Gasteiger partial charge in [0.05, 0.1) is 5.41 Å². The summed E-state index contributed by atoms with van der Waals surface area (Å²) in [6.07, 6.45) is 0. The van der Waals surface area contributed by atoms with Gasteiger partial charge >= 0.3 is 0 Å². The monoisotopic (exact) mass is 433 g/mol. The summed E-state index contributed by atoms with van der Waals surface area (Å²) in [4.78, 5) is 0. The van der Waals surface area contributed by atoms with Crippen LogP contribution in [0.4, 0.5) is 0 Å². The van der Waals surface area contributed by atoms with Crippen molar-refractivity contribution in [3.05, 3.63) is 131 Å². The van der Waals surface area contributed by atoms with Gasteiger partial charge in [0.1, 0.15) is 0 Å². The van der Waals surface area contributed by atoms with Crippen LogP contribution in [-0.4, -0.2) is 4.57 Å². The fourth-order valence-electron chi connectivity index (χ4n) is 6.97. The second-order valence-electron chi connectivity index (χ2n) is 9.56. The van der Waals surface area contributed by atoms with Gasteiger partial charge in [0.15, 0.2) is 0 Å². The number of aromatic nitrogens is 1.